The summed E-state index contributed by atoms with van der Waals surface area (Å²) in [5, 5.41) is 12.8. The van der Waals surface area contributed by atoms with Crippen LogP contribution in [0, 0.1) is 6.92 Å². The molecule has 2 heterocycles. The van der Waals surface area contributed by atoms with Crippen molar-refractivity contribution in [1.82, 2.24) is 15.0 Å². The summed E-state index contributed by atoms with van der Waals surface area (Å²) >= 11 is 1.48. The van der Waals surface area contributed by atoms with Gasteiger partial charge in [-0.25, -0.2) is 9.97 Å². The van der Waals surface area contributed by atoms with Crippen molar-refractivity contribution in [1.29, 1.82) is 0 Å². The van der Waals surface area contributed by atoms with Crippen LogP contribution in [0.25, 0.3) is 0 Å². The summed E-state index contributed by atoms with van der Waals surface area (Å²) in [5.74, 6) is 0.320. The molecule has 1 unspecified atom stereocenters. The molecular weight excluding hydrogens is 226 g/mol. The van der Waals surface area contributed by atoms with Crippen LogP contribution >= 0.6 is 11.3 Å². The molecule has 0 radical (unpaired) electrons. The van der Waals surface area contributed by atoms with E-state index < -0.39 is 6.10 Å². The molecule has 1 atom stereocenters. The number of ether oxygens (including phenoxy) is 1. The number of aliphatic hydroxyl groups excluding tert-OH is 1. The van der Waals surface area contributed by atoms with Crippen LogP contribution in [0.5, 0.6) is 5.88 Å². The molecule has 5 nitrogen and oxygen atoms in total. The minimum atomic E-state index is -0.895. The van der Waals surface area contributed by atoms with E-state index in [1.807, 2.05) is 6.92 Å². The molecule has 0 saturated heterocycles. The molecule has 2 aromatic heterocycles. The maximum atomic E-state index is 10.1. The second kappa shape index (κ2) is 4.54. The molecule has 16 heavy (non-hydrogen) atoms. The first kappa shape index (κ1) is 11.0. The highest BCUT2D eigenvalue weighted by atomic mass is 32.1. The molecule has 2 aromatic rings. The van der Waals surface area contributed by atoms with E-state index >= 15 is 0 Å². The number of aliphatic hydroxyl groups is 1. The Hall–Kier alpha value is -1.53. The minimum absolute atomic E-state index is 0.320. The highest BCUT2D eigenvalue weighted by Gasteiger charge is 2.19. The third-order valence-corrected chi connectivity index (χ3v) is 2.85. The third-order valence-electron chi connectivity index (χ3n) is 2.06. The smallest absolute Gasteiger partial charge is 0.238 e. The Kier molecular flexibility index (Phi) is 3.12. The molecule has 1 N–H and O–H groups in total. The van der Waals surface area contributed by atoms with E-state index in [1.54, 1.807) is 5.38 Å². The predicted octanol–water partition coefficient (Wildman–Crippen LogP) is 1.33. The van der Waals surface area contributed by atoms with Gasteiger partial charge in [0.15, 0.2) is 0 Å². The quantitative estimate of drug-likeness (QED) is 0.872. The van der Waals surface area contributed by atoms with E-state index in [0.29, 0.717) is 17.3 Å². The molecule has 2 rings (SSSR count). The van der Waals surface area contributed by atoms with Crippen molar-refractivity contribution in [2.45, 2.75) is 13.0 Å². The van der Waals surface area contributed by atoms with Gasteiger partial charge in [0.1, 0.15) is 11.8 Å². The summed E-state index contributed by atoms with van der Waals surface area (Å²) in [4.78, 5) is 12.3. The number of hydrogen-bond acceptors (Lipinski definition) is 6. The fraction of sp³-hybridized carbons (Fsp3) is 0.300. The summed E-state index contributed by atoms with van der Waals surface area (Å²) in [5.41, 5.74) is 0.955. The van der Waals surface area contributed by atoms with Crippen LogP contribution in [0.15, 0.2) is 17.8 Å². The monoisotopic (exact) mass is 237 g/mol. The van der Waals surface area contributed by atoms with Crippen molar-refractivity contribution < 1.29 is 9.84 Å². The van der Waals surface area contributed by atoms with Gasteiger partial charge in [-0.05, 0) is 6.92 Å². The highest BCUT2D eigenvalue weighted by Crippen LogP contribution is 2.26. The lowest BCUT2D eigenvalue weighted by atomic mass is 10.2. The van der Waals surface area contributed by atoms with Gasteiger partial charge in [0.2, 0.25) is 5.88 Å². The number of aromatic nitrogens is 3. The number of nitrogens with zero attached hydrogens (tertiary/aromatic N) is 3. The molecule has 0 amide bonds. The number of rotatable bonds is 3. The van der Waals surface area contributed by atoms with Gasteiger partial charge < -0.3 is 9.84 Å². The molecule has 6 heteroatoms. The highest BCUT2D eigenvalue weighted by molar-refractivity contribution is 7.09. The Balaban J connectivity index is 2.36. The zero-order chi connectivity index (χ0) is 11.5. The maximum Gasteiger partial charge on any atom is 0.238 e. The van der Waals surface area contributed by atoms with Crippen LogP contribution in [0.3, 0.4) is 0 Å². The van der Waals surface area contributed by atoms with E-state index in [4.69, 9.17) is 4.74 Å². The second-order valence-electron chi connectivity index (χ2n) is 3.14. The van der Waals surface area contributed by atoms with E-state index in [1.165, 1.54) is 30.8 Å². The predicted molar refractivity (Wildman–Crippen MR) is 59.5 cm³/mol. The average molecular weight is 237 g/mol. The molecule has 0 saturated carbocycles. The average Bonchev–Trinajstić information content (AvgIpc) is 2.75. The van der Waals surface area contributed by atoms with Gasteiger partial charge in [0.25, 0.3) is 0 Å². The van der Waals surface area contributed by atoms with Gasteiger partial charge in [0, 0.05) is 17.8 Å². The Morgan fingerprint density at radius 1 is 1.38 bits per heavy atom. The van der Waals surface area contributed by atoms with Gasteiger partial charge in [-0.3, -0.25) is 4.98 Å². The Labute approximate surface area is 96.8 Å². The Morgan fingerprint density at radius 2 is 2.12 bits per heavy atom. The molecule has 0 aromatic carbocycles. The van der Waals surface area contributed by atoms with Gasteiger partial charge in [-0.1, -0.05) is 0 Å². The fourth-order valence-corrected chi connectivity index (χ4v) is 1.96. The maximum absolute atomic E-state index is 10.1. The fourth-order valence-electron chi connectivity index (χ4n) is 1.33. The first-order valence-electron chi connectivity index (χ1n) is 4.67. The van der Waals surface area contributed by atoms with Crippen LogP contribution in [-0.2, 0) is 0 Å². The van der Waals surface area contributed by atoms with E-state index in [0.717, 1.165) is 5.01 Å². The van der Waals surface area contributed by atoms with Crippen molar-refractivity contribution in [3.63, 3.8) is 0 Å². The molecule has 0 aliphatic rings. The van der Waals surface area contributed by atoms with Crippen LogP contribution in [-0.4, -0.2) is 27.2 Å². The summed E-state index contributed by atoms with van der Waals surface area (Å²) < 4.78 is 5.04. The molecule has 0 aliphatic carbocycles. The van der Waals surface area contributed by atoms with Gasteiger partial charge in [0.05, 0.1) is 17.8 Å². The number of thiazole rings is 1. The van der Waals surface area contributed by atoms with E-state index in [2.05, 4.69) is 15.0 Å². The van der Waals surface area contributed by atoms with Crippen LogP contribution in [0.1, 0.15) is 22.5 Å². The zero-order valence-corrected chi connectivity index (χ0v) is 9.73. The zero-order valence-electron chi connectivity index (χ0n) is 8.91. The van der Waals surface area contributed by atoms with Crippen molar-refractivity contribution in [2.24, 2.45) is 0 Å². The van der Waals surface area contributed by atoms with Crippen molar-refractivity contribution in [3.05, 3.63) is 34.2 Å². The van der Waals surface area contributed by atoms with Crippen molar-refractivity contribution >= 4 is 11.3 Å². The van der Waals surface area contributed by atoms with Gasteiger partial charge >= 0.3 is 0 Å². The lowest BCUT2D eigenvalue weighted by Crippen LogP contribution is -2.06. The molecule has 0 aliphatic heterocycles. The largest absolute Gasteiger partial charge is 0.480 e. The third kappa shape index (κ3) is 2.02. The summed E-state index contributed by atoms with van der Waals surface area (Å²) in [6.07, 6.45) is 2.13. The van der Waals surface area contributed by atoms with Crippen molar-refractivity contribution in [3.8, 4) is 5.88 Å². The first-order valence-corrected chi connectivity index (χ1v) is 5.55. The topological polar surface area (TPSA) is 68.1 Å². The molecule has 0 bridgehead atoms. The minimum Gasteiger partial charge on any atom is -0.480 e. The molecule has 84 valence electrons. The lowest BCUT2D eigenvalue weighted by Gasteiger charge is -2.09. The summed E-state index contributed by atoms with van der Waals surface area (Å²) in [7, 11) is 1.49. The number of hydrogen-bond donors (Lipinski definition) is 1. The van der Waals surface area contributed by atoms with E-state index in [9.17, 15) is 5.11 Å². The lowest BCUT2D eigenvalue weighted by molar-refractivity contribution is 0.203. The molecular formula is C10H11N3O2S. The van der Waals surface area contributed by atoms with Gasteiger partial charge in [-0.15, -0.1) is 11.3 Å². The van der Waals surface area contributed by atoms with Crippen LogP contribution in [0.4, 0.5) is 0 Å². The standard InChI is InChI=1S/C10H11N3O2S/c1-6-13-7(5-16-6)9(14)8-10(15-2)12-4-3-11-8/h3-5,9,14H,1-2H3. The Morgan fingerprint density at radius 3 is 2.75 bits per heavy atom. The second-order valence-corrected chi connectivity index (χ2v) is 4.21. The normalized spacial score (nSPS) is 12.4. The summed E-state index contributed by atoms with van der Waals surface area (Å²) in [6, 6.07) is 0. The van der Waals surface area contributed by atoms with Gasteiger partial charge in [-0.2, -0.15) is 0 Å². The first-order chi connectivity index (χ1) is 7.72. The van der Waals surface area contributed by atoms with Crippen molar-refractivity contribution in [2.75, 3.05) is 7.11 Å². The SMILES string of the molecule is COc1nccnc1C(O)c1csc(C)n1. The van der Waals surface area contributed by atoms with E-state index in [-0.39, 0.29) is 0 Å². The molecule has 0 spiro atoms. The number of methoxy groups -OCH3 is 1. The van der Waals surface area contributed by atoms with Crippen LogP contribution in [0.2, 0.25) is 0 Å². The Bertz CT molecular complexity index is 486. The number of aryl methyl sites for hydroxylation is 1. The van der Waals surface area contributed by atoms with Crippen LogP contribution < -0.4 is 4.74 Å². The summed E-state index contributed by atoms with van der Waals surface area (Å²) in [6.45, 7) is 1.88. The molecule has 0 fully saturated rings.